The third kappa shape index (κ3) is 2.06. The molecule has 6 heteroatoms. The van der Waals surface area contributed by atoms with Crippen molar-refractivity contribution in [3.05, 3.63) is 29.6 Å². The third-order valence-electron chi connectivity index (χ3n) is 1.96. The highest BCUT2D eigenvalue weighted by atomic mass is 19.1. The molecule has 2 heterocycles. The molecule has 0 saturated heterocycles. The maximum absolute atomic E-state index is 13.5. The van der Waals surface area contributed by atoms with E-state index in [-0.39, 0.29) is 11.5 Å². The fourth-order valence-corrected chi connectivity index (χ4v) is 1.28. The maximum atomic E-state index is 13.5. The Kier molecular flexibility index (Phi) is 2.91. The highest BCUT2D eigenvalue weighted by Crippen LogP contribution is 2.21. The van der Waals surface area contributed by atoms with E-state index in [0.29, 0.717) is 18.1 Å². The summed E-state index contributed by atoms with van der Waals surface area (Å²) in [5.74, 6) is 0.109. The molecule has 2 aromatic heterocycles. The van der Waals surface area contributed by atoms with Gasteiger partial charge in [0.05, 0.1) is 24.1 Å². The highest BCUT2D eigenvalue weighted by Gasteiger charge is 2.13. The fourth-order valence-electron chi connectivity index (χ4n) is 1.28. The van der Waals surface area contributed by atoms with Gasteiger partial charge in [0.1, 0.15) is 0 Å². The lowest BCUT2D eigenvalue weighted by atomic mass is 10.2. The molecule has 0 N–H and O–H groups in total. The molecule has 0 aliphatic heterocycles. The zero-order valence-corrected chi connectivity index (χ0v) is 8.90. The van der Waals surface area contributed by atoms with Crippen molar-refractivity contribution in [1.29, 1.82) is 0 Å². The van der Waals surface area contributed by atoms with E-state index in [1.807, 2.05) is 0 Å². The summed E-state index contributed by atoms with van der Waals surface area (Å²) in [6.07, 6.45) is 1.11. The van der Waals surface area contributed by atoms with Gasteiger partial charge in [0.2, 0.25) is 0 Å². The monoisotopic (exact) mass is 223 g/mol. The Balaban J connectivity index is 2.42. The molecule has 16 heavy (non-hydrogen) atoms. The van der Waals surface area contributed by atoms with Gasteiger partial charge in [-0.25, -0.2) is 4.39 Å². The summed E-state index contributed by atoms with van der Waals surface area (Å²) in [5, 5.41) is 3.61. The second-order valence-electron chi connectivity index (χ2n) is 3.24. The summed E-state index contributed by atoms with van der Waals surface area (Å²) in [5.41, 5.74) is 0.845. The minimum atomic E-state index is -0.497. The molecule has 0 aliphatic carbocycles. The highest BCUT2D eigenvalue weighted by molar-refractivity contribution is 5.53. The number of hydrogen-bond acceptors (Lipinski definition) is 5. The van der Waals surface area contributed by atoms with Gasteiger partial charge in [0.15, 0.2) is 11.6 Å². The van der Waals surface area contributed by atoms with Crippen molar-refractivity contribution in [2.24, 2.45) is 0 Å². The molecule has 2 rings (SSSR count). The maximum Gasteiger partial charge on any atom is 0.261 e. The molecule has 0 spiro atoms. The summed E-state index contributed by atoms with van der Waals surface area (Å²) >= 11 is 0. The molecule has 0 saturated carbocycles. The van der Waals surface area contributed by atoms with Gasteiger partial charge in [0.25, 0.3) is 5.89 Å². The van der Waals surface area contributed by atoms with Crippen LogP contribution in [0.25, 0.3) is 11.5 Å². The number of methoxy groups -OCH3 is 1. The van der Waals surface area contributed by atoms with Crippen LogP contribution in [-0.4, -0.2) is 22.2 Å². The lowest BCUT2D eigenvalue weighted by Crippen LogP contribution is -1.95. The first-order valence-corrected chi connectivity index (χ1v) is 4.64. The van der Waals surface area contributed by atoms with Gasteiger partial charge < -0.3 is 9.26 Å². The van der Waals surface area contributed by atoms with E-state index in [4.69, 9.17) is 9.26 Å². The van der Waals surface area contributed by atoms with E-state index in [0.717, 1.165) is 6.20 Å². The Morgan fingerprint density at radius 1 is 1.50 bits per heavy atom. The molecule has 0 radical (unpaired) electrons. The average Bonchev–Trinajstić information content (AvgIpc) is 2.68. The molecule has 0 fully saturated rings. The average molecular weight is 223 g/mol. The predicted octanol–water partition coefficient (Wildman–Crippen LogP) is 1.73. The number of aryl methyl sites for hydroxylation is 1. The Morgan fingerprint density at radius 3 is 2.94 bits per heavy atom. The van der Waals surface area contributed by atoms with Gasteiger partial charge in [-0.3, -0.25) is 4.98 Å². The summed E-state index contributed by atoms with van der Waals surface area (Å²) in [7, 11) is 1.54. The molecule has 0 unspecified atom stereocenters. The van der Waals surface area contributed by atoms with Crippen LogP contribution in [0.2, 0.25) is 0 Å². The largest absolute Gasteiger partial charge is 0.378 e. The molecule has 0 amide bonds. The Labute approximate surface area is 91.3 Å². The van der Waals surface area contributed by atoms with E-state index in [9.17, 15) is 4.39 Å². The van der Waals surface area contributed by atoms with Crippen LogP contribution in [0.3, 0.4) is 0 Å². The SMILES string of the molecule is COCc1cc(-c2nc(C)no2)c(F)cn1. The Bertz CT molecular complexity index is 499. The minimum absolute atomic E-state index is 0.148. The number of hydrogen-bond donors (Lipinski definition) is 0. The van der Waals surface area contributed by atoms with Crippen molar-refractivity contribution in [3.8, 4) is 11.5 Å². The van der Waals surface area contributed by atoms with E-state index in [2.05, 4.69) is 15.1 Å². The molecule has 0 aliphatic rings. The minimum Gasteiger partial charge on any atom is -0.378 e. The quantitative estimate of drug-likeness (QED) is 0.792. The smallest absolute Gasteiger partial charge is 0.261 e. The van der Waals surface area contributed by atoms with Gasteiger partial charge >= 0.3 is 0 Å². The van der Waals surface area contributed by atoms with E-state index >= 15 is 0 Å². The first-order valence-electron chi connectivity index (χ1n) is 4.64. The Hall–Kier alpha value is -1.82. The number of halogens is 1. The standard InChI is InChI=1S/C10H10FN3O2/c1-6-13-10(16-14-6)8-3-7(5-15-2)12-4-9(8)11/h3-4H,5H2,1-2H3. The molecular weight excluding hydrogens is 213 g/mol. The van der Waals surface area contributed by atoms with Gasteiger partial charge in [0, 0.05) is 7.11 Å². The van der Waals surface area contributed by atoms with Crippen LogP contribution in [0.5, 0.6) is 0 Å². The number of ether oxygens (including phenoxy) is 1. The zero-order valence-electron chi connectivity index (χ0n) is 8.90. The number of nitrogens with zero attached hydrogens (tertiary/aromatic N) is 3. The van der Waals surface area contributed by atoms with Crippen LogP contribution in [0.4, 0.5) is 4.39 Å². The fraction of sp³-hybridized carbons (Fsp3) is 0.300. The Morgan fingerprint density at radius 2 is 2.31 bits per heavy atom. The van der Waals surface area contributed by atoms with Crippen molar-refractivity contribution < 1.29 is 13.7 Å². The molecule has 0 atom stereocenters. The van der Waals surface area contributed by atoms with Crippen molar-refractivity contribution >= 4 is 0 Å². The van der Waals surface area contributed by atoms with Gasteiger partial charge in [-0.15, -0.1) is 0 Å². The first kappa shape index (κ1) is 10.7. The molecule has 0 bridgehead atoms. The number of pyridine rings is 1. The van der Waals surface area contributed by atoms with Gasteiger partial charge in [-0.1, -0.05) is 5.16 Å². The molecule has 5 nitrogen and oxygen atoms in total. The molecule has 84 valence electrons. The van der Waals surface area contributed by atoms with Crippen LogP contribution in [-0.2, 0) is 11.3 Å². The lowest BCUT2D eigenvalue weighted by Gasteiger charge is -2.01. The lowest BCUT2D eigenvalue weighted by molar-refractivity contribution is 0.181. The zero-order chi connectivity index (χ0) is 11.5. The summed E-state index contributed by atoms with van der Waals surface area (Å²) in [4.78, 5) is 7.83. The van der Waals surface area contributed by atoms with Crippen LogP contribution in [0.15, 0.2) is 16.8 Å². The predicted molar refractivity (Wildman–Crippen MR) is 52.9 cm³/mol. The van der Waals surface area contributed by atoms with Crippen LogP contribution >= 0.6 is 0 Å². The van der Waals surface area contributed by atoms with Crippen molar-refractivity contribution in [3.63, 3.8) is 0 Å². The number of rotatable bonds is 3. The molecular formula is C10H10FN3O2. The van der Waals surface area contributed by atoms with Crippen LogP contribution < -0.4 is 0 Å². The van der Waals surface area contributed by atoms with Crippen molar-refractivity contribution in [2.45, 2.75) is 13.5 Å². The normalized spacial score (nSPS) is 10.7. The van der Waals surface area contributed by atoms with Gasteiger partial charge in [-0.05, 0) is 13.0 Å². The second-order valence-corrected chi connectivity index (χ2v) is 3.24. The van der Waals surface area contributed by atoms with Gasteiger partial charge in [-0.2, -0.15) is 4.98 Å². The topological polar surface area (TPSA) is 61.0 Å². The third-order valence-corrected chi connectivity index (χ3v) is 1.96. The summed E-state index contributed by atoms with van der Waals surface area (Å²) < 4.78 is 23.3. The first-order chi connectivity index (χ1) is 7.70. The number of aromatic nitrogens is 3. The van der Waals surface area contributed by atoms with Crippen LogP contribution in [0.1, 0.15) is 11.5 Å². The molecule has 2 aromatic rings. The van der Waals surface area contributed by atoms with Crippen LogP contribution in [0, 0.1) is 12.7 Å². The summed E-state index contributed by atoms with van der Waals surface area (Å²) in [6.45, 7) is 1.97. The molecule has 0 aromatic carbocycles. The van der Waals surface area contributed by atoms with Crippen molar-refractivity contribution in [1.82, 2.24) is 15.1 Å². The van der Waals surface area contributed by atoms with E-state index < -0.39 is 5.82 Å². The summed E-state index contributed by atoms with van der Waals surface area (Å²) in [6, 6.07) is 1.53. The van der Waals surface area contributed by atoms with E-state index in [1.54, 1.807) is 14.0 Å². The van der Waals surface area contributed by atoms with E-state index in [1.165, 1.54) is 6.07 Å². The van der Waals surface area contributed by atoms with Crippen molar-refractivity contribution in [2.75, 3.05) is 7.11 Å². The second kappa shape index (κ2) is 4.36.